The average Bonchev–Trinajstić information content (AvgIpc) is 2.45. The minimum atomic E-state index is 0.343. The zero-order chi connectivity index (χ0) is 13.5. The fraction of sp³-hybridized carbons (Fsp3) is 0.133. The van der Waals surface area contributed by atoms with Crippen molar-refractivity contribution in [2.24, 2.45) is 0 Å². The molecule has 0 bridgehead atoms. The summed E-state index contributed by atoms with van der Waals surface area (Å²) in [5.41, 5.74) is 0.476. The standard InChI is InChI=1S/C15H13ClO3/c16-13-7-6-12(11-17)15(10-13)19-9-8-18-14-4-2-1-3-5-14/h1-7,10-11H,8-9H2. The molecule has 0 atom stereocenters. The fourth-order valence-electron chi connectivity index (χ4n) is 1.56. The van der Waals surface area contributed by atoms with Gasteiger partial charge in [0.1, 0.15) is 24.7 Å². The Hall–Kier alpha value is -2.00. The number of hydrogen-bond donors (Lipinski definition) is 0. The quantitative estimate of drug-likeness (QED) is 0.597. The Labute approximate surface area is 116 Å². The van der Waals surface area contributed by atoms with Gasteiger partial charge in [-0.15, -0.1) is 0 Å². The van der Waals surface area contributed by atoms with Crippen LogP contribution in [0.15, 0.2) is 48.5 Å². The Morgan fingerprint density at radius 1 is 1.00 bits per heavy atom. The molecule has 0 fully saturated rings. The lowest BCUT2D eigenvalue weighted by Crippen LogP contribution is -2.09. The number of aldehydes is 1. The van der Waals surface area contributed by atoms with E-state index < -0.39 is 0 Å². The van der Waals surface area contributed by atoms with Gasteiger partial charge in [-0.1, -0.05) is 29.8 Å². The van der Waals surface area contributed by atoms with Crippen molar-refractivity contribution in [2.75, 3.05) is 13.2 Å². The van der Waals surface area contributed by atoms with Crippen molar-refractivity contribution in [2.45, 2.75) is 0 Å². The zero-order valence-electron chi connectivity index (χ0n) is 10.2. The highest BCUT2D eigenvalue weighted by Crippen LogP contribution is 2.22. The summed E-state index contributed by atoms with van der Waals surface area (Å²) in [4.78, 5) is 10.8. The summed E-state index contributed by atoms with van der Waals surface area (Å²) in [5.74, 6) is 1.26. The summed E-state index contributed by atoms with van der Waals surface area (Å²) in [6.07, 6.45) is 0.740. The van der Waals surface area contributed by atoms with Gasteiger partial charge in [-0.3, -0.25) is 4.79 Å². The second kappa shape index (κ2) is 6.81. The smallest absolute Gasteiger partial charge is 0.153 e. The lowest BCUT2D eigenvalue weighted by molar-refractivity contribution is 0.111. The predicted octanol–water partition coefficient (Wildman–Crippen LogP) is 3.61. The first-order valence-electron chi connectivity index (χ1n) is 5.85. The number of halogens is 1. The van der Waals surface area contributed by atoms with Gasteiger partial charge in [0, 0.05) is 5.02 Å². The molecule has 0 aromatic heterocycles. The van der Waals surface area contributed by atoms with Crippen molar-refractivity contribution < 1.29 is 14.3 Å². The molecule has 19 heavy (non-hydrogen) atoms. The fourth-order valence-corrected chi connectivity index (χ4v) is 1.72. The van der Waals surface area contributed by atoms with Gasteiger partial charge in [-0.2, -0.15) is 0 Å². The van der Waals surface area contributed by atoms with E-state index in [1.165, 1.54) is 0 Å². The molecule has 3 nitrogen and oxygen atoms in total. The third kappa shape index (κ3) is 4.00. The molecule has 0 N–H and O–H groups in total. The minimum Gasteiger partial charge on any atom is -0.490 e. The SMILES string of the molecule is O=Cc1ccc(Cl)cc1OCCOc1ccccc1. The van der Waals surface area contributed by atoms with Crippen LogP contribution < -0.4 is 9.47 Å². The van der Waals surface area contributed by atoms with Crippen LogP contribution in [0, 0.1) is 0 Å². The van der Waals surface area contributed by atoms with Gasteiger partial charge < -0.3 is 9.47 Å². The summed E-state index contributed by atoms with van der Waals surface area (Å²) >= 11 is 5.86. The molecular weight excluding hydrogens is 264 g/mol. The number of ether oxygens (including phenoxy) is 2. The summed E-state index contributed by atoms with van der Waals surface area (Å²) in [5, 5.41) is 0.532. The molecule has 0 saturated carbocycles. The number of para-hydroxylation sites is 1. The van der Waals surface area contributed by atoms with Crippen molar-refractivity contribution in [1.29, 1.82) is 0 Å². The second-order valence-electron chi connectivity index (χ2n) is 3.81. The third-order valence-electron chi connectivity index (χ3n) is 2.46. The van der Waals surface area contributed by atoms with Crippen LogP contribution in [0.4, 0.5) is 0 Å². The Balaban J connectivity index is 1.86. The molecule has 0 heterocycles. The van der Waals surface area contributed by atoms with E-state index in [1.807, 2.05) is 30.3 Å². The van der Waals surface area contributed by atoms with Gasteiger partial charge in [0.15, 0.2) is 6.29 Å². The van der Waals surface area contributed by atoms with E-state index in [-0.39, 0.29) is 0 Å². The number of carbonyl (C=O) groups excluding carboxylic acids is 1. The monoisotopic (exact) mass is 276 g/mol. The van der Waals surface area contributed by atoms with Gasteiger partial charge in [0.05, 0.1) is 5.56 Å². The maximum atomic E-state index is 10.8. The number of benzene rings is 2. The van der Waals surface area contributed by atoms with Crippen molar-refractivity contribution in [1.82, 2.24) is 0 Å². The molecule has 0 aliphatic rings. The number of hydrogen-bond acceptors (Lipinski definition) is 3. The van der Waals surface area contributed by atoms with Crippen LogP contribution in [0.25, 0.3) is 0 Å². The highest BCUT2D eigenvalue weighted by atomic mass is 35.5. The van der Waals surface area contributed by atoms with Gasteiger partial charge in [0.2, 0.25) is 0 Å². The van der Waals surface area contributed by atoms with E-state index in [9.17, 15) is 4.79 Å². The van der Waals surface area contributed by atoms with Crippen molar-refractivity contribution >= 4 is 17.9 Å². The van der Waals surface area contributed by atoms with E-state index in [1.54, 1.807) is 18.2 Å². The summed E-state index contributed by atoms with van der Waals surface area (Å²) in [6.45, 7) is 0.741. The molecule has 0 aliphatic heterocycles. The third-order valence-corrected chi connectivity index (χ3v) is 2.69. The Morgan fingerprint density at radius 3 is 2.47 bits per heavy atom. The van der Waals surface area contributed by atoms with E-state index in [4.69, 9.17) is 21.1 Å². The van der Waals surface area contributed by atoms with Gasteiger partial charge >= 0.3 is 0 Å². The molecule has 0 amide bonds. The van der Waals surface area contributed by atoms with Crippen LogP contribution in [0.1, 0.15) is 10.4 Å². The summed E-state index contributed by atoms with van der Waals surface area (Å²) in [7, 11) is 0. The van der Waals surface area contributed by atoms with Crippen LogP contribution in [0.3, 0.4) is 0 Å². The van der Waals surface area contributed by atoms with Crippen LogP contribution in [-0.2, 0) is 0 Å². The molecule has 2 aromatic carbocycles. The molecule has 98 valence electrons. The van der Waals surface area contributed by atoms with E-state index in [2.05, 4.69) is 0 Å². The zero-order valence-corrected chi connectivity index (χ0v) is 11.0. The minimum absolute atomic E-state index is 0.343. The summed E-state index contributed by atoms with van der Waals surface area (Å²) < 4.78 is 11.0. The predicted molar refractivity (Wildman–Crippen MR) is 74.3 cm³/mol. The first kappa shape index (κ1) is 13.4. The van der Waals surface area contributed by atoms with Gasteiger partial charge in [-0.05, 0) is 30.3 Å². The molecule has 4 heteroatoms. The van der Waals surface area contributed by atoms with Crippen molar-refractivity contribution in [3.05, 3.63) is 59.1 Å². The highest BCUT2D eigenvalue weighted by Gasteiger charge is 2.03. The Bertz CT molecular complexity index is 540. The van der Waals surface area contributed by atoms with E-state index in [0.29, 0.717) is 29.5 Å². The molecule has 0 aliphatic carbocycles. The van der Waals surface area contributed by atoms with Crippen molar-refractivity contribution in [3.8, 4) is 11.5 Å². The molecule has 0 spiro atoms. The lowest BCUT2D eigenvalue weighted by atomic mass is 10.2. The molecule has 2 aromatic rings. The normalized spacial score (nSPS) is 9.95. The van der Waals surface area contributed by atoms with Crippen LogP contribution in [0.2, 0.25) is 5.02 Å². The first-order valence-corrected chi connectivity index (χ1v) is 6.23. The molecule has 0 radical (unpaired) electrons. The van der Waals surface area contributed by atoms with Crippen molar-refractivity contribution in [3.63, 3.8) is 0 Å². The van der Waals surface area contributed by atoms with Gasteiger partial charge in [0.25, 0.3) is 0 Å². The maximum absolute atomic E-state index is 10.8. The molecular formula is C15H13ClO3. The second-order valence-corrected chi connectivity index (χ2v) is 4.25. The van der Waals surface area contributed by atoms with E-state index >= 15 is 0 Å². The lowest BCUT2D eigenvalue weighted by Gasteiger charge is -2.10. The Kier molecular flexibility index (Phi) is 4.81. The highest BCUT2D eigenvalue weighted by molar-refractivity contribution is 6.30. The van der Waals surface area contributed by atoms with Crippen LogP contribution in [-0.4, -0.2) is 19.5 Å². The Morgan fingerprint density at radius 2 is 1.74 bits per heavy atom. The first-order chi connectivity index (χ1) is 9.29. The molecule has 0 unspecified atom stereocenters. The molecule has 0 saturated heterocycles. The largest absolute Gasteiger partial charge is 0.490 e. The number of carbonyl (C=O) groups is 1. The van der Waals surface area contributed by atoms with E-state index in [0.717, 1.165) is 12.0 Å². The maximum Gasteiger partial charge on any atom is 0.153 e. The topological polar surface area (TPSA) is 35.5 Å². The molecule has 2 rings (SSSR count). The van der Waals surface area contributed by atoms with Crippen LogP contribution >= 0.6 is 11.6 Å². The summed E-state index contributed by atoms with van der Waals surface area (Å²) in [6, 6.07) is 14.4. The number of rotatable bonds is 6. The van der Waals surface area contributed by atoms with Crippen LogP contribution in [0.5, 0.6) is 11.5 Å². The average molecular weight is 277 g/mol. The van der Waals surface area contributed by atoms with Gasteiger partial charge in [-0.25, -0.2) is 0 Å².